The number of nitrogens with zero attached hydrogens (tertiary/aromatic N) is 2. The molecule has 0 aliphatic heterocycles. The van der Waals surface area contributed by atoms with Crippen LogP contribution >= 0.6 is 0 Å². The molecule has 3 rings (SSSR count). The first kappa shape index (κ1) is 23.6. The Hall–Kier alpha value is -3.02. The molecule has 32 heavy (non-hydrogen) atoms. The number of aryl methyl sites for hydroxylation is 1. The van der Waals surface area contributed by atoms with E-state index >= 15 is 0 Å². The normalized spacial score (nSPS) is 11.1. The van der Waals surface area contributed by atoms with Crippen molar-refractivity contribution < 1.29 is 14.3 Å². The zero-order chi connectivity index (χ0) is 22.8. The van der Waals surface area contributed by atoms with Crippen LogP contribution in [-0.4, -0.2) is 35.7 Å². The number of carbonyl (C=O) groups excluding carboxylic acids is 1. The molecule has 0 aliphatic carbocycles. The van der Waals surface area contributed by atoms with Crippen LogP contribution in [0.2, 0.25) is 0 Å². The average molecular weight is 438 g/mol. The Morgan fingerprint density at radius 2 is 1.84 bits per heavy atom. The molecule has 1 heterocycles. The number of hydrogen-bond donors (Lipinski definition) is 1. The highest BCUT2D eigenvalue weighted by Crippen LogP contribution is 2.20. The summed E-state index contributed by atoms with van der Waals surface area (Å²) in [6.45, 7) is 6.26. The summed E-state index contributed by atoms with van der Waals surface area (Å²) in [6.07, 6.45) is 4.39. The molecule has 172 valence electrons. The van der Waals surface area contributed by atoms with Gasteiger partial charge in [0.05, 0.1) is 24.8 Å². The first-order valence-electron chi connectivity index (χ1n) is 11.6. The van der Waals surface area contributed by atoms with Crippen LogP contribution in [0.5, 0.6) is 11.5 Å². The zero-order valence-electron chi connectivity index (χ0n) is 19.5. The maximum Gasteiger partial charge on any atom is 0.223 e. The Bertz CT molecular complexity index is 995. The molecule has 0 atom stereocenters. The molecule has 0 bridgehead atoms. The minimum atomic E-state index is 0.0957. The first-order chi connectivity index (χ1) is 15.7. The van der Waals surface area contributed by atoms with Crippen LogP contribution in [0, 0.1) is 5.92 Å². The van der Waals surface area contributed by atoms with E-state index in [1.165, 1.54) is 0 Å². The topological polar surface area (TPSA) is 65.4 Å². The number of amides is 1. The van der Waals surface area contributed by atoms with E-state index < -0.39 is 0 Å². The molecule has 6 nitrogen and oxygen atoms in total. The maximum absolute atomic E-state index is 12.3. The minimum Gasteiger partial charge on any atom is -0.497 e. The third-order valence-electron chi connectivity index (χ3n) is 5.82. The van der Waals surface area contributed by atoms with Crippen LogP contribution in [0.3, 0.4) is 0 Å². The quantitative estimate of drug-likeness (QED) is 0.382. The van der Waals surface area contributed by atoms with Crippen molar-refractivity contribution in [1.82, 2.24) is 14.9 Å². The van der Waals surface area contributed by atoms with Gasteiger partial charge < -0.3 is 19.4 Å². The van der Waals surface area contributed by atoms with Gasteiger partial charge in [0.2, 0.25) is 5.91 Å². The highest BCUT2D eigenvalue weighted by molar-refractivity contribution is 5.78. The fourth-order valence-corrected chi connectivity index (χ4v) is 3.92. The van der Waals surface area contributed by atoms with Gasteiger partial charge in [0.15, 0.2) is 0 Å². The van der Waals surface area contributed by atoms with Gasteiger partial charge in [-0.05, 0) is 49.9 Å². The molecular weight excluding hydrogens is 402 g/mol. The maximum atomic E-state index is 12.3. The van der Waals surface area contributed by atoms with Crippen molar-refractivity contribution in [2.45, 2.75) is 52.5 Å². The summed E-state index contributed by atoms with van der Waals surface area (Å²) in [5.41, 5.74) is 2.14. The molecule has 0 saturated heterocycles. The SMILES string of the molecule is CCC(CC)C(=O)NCCc1nc2ccccc2n1CCCCOc1cccc(OC)c1. The van der Waals surface area contributed by atoms with Crippen LogP contribution in [0.4, 0.5) is 0 Å². The smallest absolute Gasteiger partial charge is 0.223 e. The van der Waals surface area contributed by atoms with Crippen LogP contribution in [0.25, 0.3) is 11.0 Å². The van der Waals surface area contributed by atoms with Gasteiger partial charge in [0.1, 0.15) is 17.3 Å². The van der Waals surface area contributed by atoms with Gasteiger partial charge in [-0.25, -0.2) is 4.98 Å². The third kappa shape index (κ3) is 6.25. The van der Waals surface area contributed by atoms with Gasteiger partial charge in [-0.15, -0.1) is 0 Å². The number of ether oxygens (including phenoxy) is 2. The number of para-hydroxylation sites is 2. The number of methoxy groups -OCH3 is 1. The van der Waals surface area contributed by atoms with Crippen molar-refractivity contribution >= 4 is 16.9 Å². The van der Waals surface area contributed by atoms with Crippen LogP contribution in [0.15, 0.2) is 48.5 Å². The van der Waals surface area contributed by atoms with Gasteiger partial charge in [0.25, 0.3) is 0 Å². The zero-order valence-corrected chi connectivity index (χ0v) is 19.5. The number of rotatable bonds is 13. The molecule has 1 aromatic heterocycles. The van der Waals surface area contributed by atoms with Crippen LogP contribution < -0.4 is 14.8 Å². The van der Waals surface area contributed by atoms with E-state index in [2.05, 4.69) is 29.8 Å². The summed E-state index contributed by atoms with van der Waals surface area (Å²) in [4.78, 5) is 17.1. The number of fused-ring (bicyclic) bond motifs is 1. The number of benzene rings is 2. The summed E-state index contributed by atoms with van der Waals surface area (Å²) in [7, 11) is 1.66. The molecule has 0 aliphatic rings. The second-order valence-corrected chi connectivity index (χ2v) is 7.96. The fourth-order valence-electron chi connectivity index (χ4n) is 3.92. The molecule has 6 heteroatoms. The molecular formula is C26H35N3O3. The van der Waals surface area contributed by atoms with Gasteiger partial charge >= 0.3 is 0 Å². The summed E-state index contributed by atoms with van der Waals surface area (Å²) in [5.74, 6) is 2.88. The van der Waals surface area contributed by atoms with Crippen molar-refractivity contribution in [2.75, 3.05) is 20.3 Å². The van der Waals surface area contributed by atoms with E-state index in [-0.39, 0.29) is 11.8 Å². The molecule has 2 aromatic carbocycles. The lowest BCUT2D eigenvalue weighted by Gasteiger charge is -2.13. The predicted octanol–water partition coefficient (Wildman–Crippen LogP) is 5.00. The number of nitrogens with one attached hydrogen (secondary N) is 1. The third-order valence-corrected chi connectivity index (χ3v) is 5.82. The van der Waals surface area contributed by atoms with Gasteiger partial charge in [0, 0.05) is 31.5 Å². The second-order valence-electron chi connectivity index (χ2n) is 7.96. The lowest BCUT2D eigenvalue weighted by Crippen LogP contribution is -2.32. The van der Waals surface area contributed by atoms with Crippen molar-refractivity contribution in [2.24, 2.45) is 5.92 Å². The minimum absolute atomic E-state index is 0.0957. The first-order valence-corrected chi connectivity index (χ1v) is 11.6. The number of imidazole rings is 1. The van der Waals surface area contributed by atoms with Crippen molar-refractivity contribution in [3.8, 4) is 11.5 Å². The largest absolute Gasteiger partial charge is 0.497 e. The number of carbonyl (C=O) groups is 1. The van der Waals surface area contributed by atoms with Crippen molar-refractivity contribution in [1.29, 1.82) is 0 Å². The molecule has 3 aromatic rings. The Morgan fingerprint density at radius 1 is 1.06 bits per heavy atom. The van der Waals surface area contributed by atoms with Gasteiger partial charge in [-0.1, -0.05) is 32.0 Å². The summed E-state index contributed by atoms with van der Waals surface area (Å²) in [6, 6.07) is 15.9. The molecule has 0 unspecified atom stereocenters. The number of hydrogen-bond acceptors (Lipinski definition) is 4. The number of unbranched alkanes of at least 4 members (excludes halogenated alkanes) is 1. The lowest BCUT2D eigenvalue weighted by atomic mass is 10.0. The Balaban J connectivity index is 1.55. The Labute approximate surface area is 190 Å². The Kier molecular flexibility index (Phi) is 8.96. The monoisotopic (exact) mass is 437 g/mol. The van der Waals surface area contributed by atoms with Crippen molar-refractivity contribution in [3.05, 3.63) is 54.4 Å². The van der Waals surface area contributed by atoms with E-state index in [0.29, 0.717) is 13.2 Å². The fraction of sp³-hybridized carbons (Fsp3) is 0.462. The van der Waals surface area contributed by atoms with Crippen molar-refractivity contribution in [3.63, 3.8) is 0 Å². The predicted molar refractivity (Wildman–Crippen MR) is 128 cm³/mol. The summed E-state index contributed by atoms with van der Waals surface area (Å²) in [5, 5.41) is 3.09. The molecule has 1 amide bonds. The van der Waals surface area contributed by atoms with E-state index in [1.807, 2.05) is 42.5 Å². The van der Waals surface area contributed by atoms with E-state index in [9.17, 15) is 4.79 Å². The van der Waals surface area contributed by atoms with Gasteiger partial charge in [-0.2, -0.15) is 0 Å². The molecule has 1 N–H and O–H groups in total. The lowest BCUT2D eigenvalue weighted by molar-refractivity contribution is -0.125. The Morgan fingerprint density at radius 3 is 2.62 bits per heavy atom. The van der Waals surface area contributed by atoms with Crippen LogP contribution in [-0.2, 0) is 17.8 Å². The van der Waals surface area contributed by atoms with E-state index in [0.717, 1.165) is 67.0 Å². The molecule has 0 radical (unpaired) electrons. The summed E-state index contributed by atoms with van der Waals surface area (Å²) >= 11 is 0. The average Bonchev–Trinajstić information content (AvgIpc) is 3.17. The molecule has 0 fully saturated rings. The van der Waals surface area contributed by atoms with E-state index in [4.69, 9.17) is 14.5 Å². The molecule has 0 saturated carbocycles. The second kappa shape index (κ2) is 12.1. The highest BCUT2D eigenvalue weighted by atomic mass is 16.5. The van der Waals surface area contributed by atoms with Crippen LogP contribution in [0.1, 0.15) is 45.4 Å². The summed E-state index contributed by atoms with van der Waals surface area (Å²) < 4.78 is 13.4. The molecule has 0 spiro atoms. The van der Waals surface area contributed by atoms with E-state index in [1.54, 1.807) is 7.11 Å². The number of aromatic nitrogens is 2. The highest BCUT2D eigenvalue weighted by Gasteiger charge is 2.15. The van der Waals surface area contributed by atoms with Gasteiger partial charge in [-0.3, -0.25) is 4.79 Å². The standard InChI is InChI=1S/C26H35N3O3/c1-4-20(5-2)26(30)27-16-15-25-28-23-13-6-7-14-24(23)29(25)17-8-9-18-32-22-12-10-11-21(19-22)31-3/h6-7,10-14,19-20H,4-5,8-9,15-18H2,1-3H3,(H,27,30).